The molecule has 0 bridgehead atoms. The van der Waals surface area contributed by atoms with E-state index in [1.807, 2.05) is 5.32 Å². The van der Waals surface area contributed by atoms with Crippen LogP contribution < -0.4 is 10.2 Å². The first-order valence-electron chi connectivity index (χ1n) is 9.99. The van der Waals surface area contributed by atoms with Crippen molar-refractivity contribution in [3.8, 4) is 11.4 Å². The maximum absolute atomic E-state index is 14.8. The van der Waals surface area contributed by atoms with E-state index in [1.165, 1.54) is 11.1 Å². The van der Waals surface area contributed by atoms with Gasteiger partial charge in [0.2, 0.25) is 5.91 Å². The molecule has 4 rings (SSSR count). The van der Waals surface area contributed by atoms with Crippen molar-refractivity contribution in [3.63, 3.8) is 0 Å². The molecular formula is C20H21ClF4N6O2. The average Bonchev–Trinajstić information content (AvgIpc) is 3.33. The van der Waals surface area contributed by atoms with Crippen LogP contribution in [-0.4, -0.2) is 61.9 Å². The molecule has 1 saturated heterocycles. The van der Waals surface area contributed by atoms with Gasteiger partial charge in [0.15, 0.2) is 17.5 Å². The van der Waals surface area contributed by atoms with Crippen LogP contribution >= 0.6 is 11.6 Å². The first-order valence-corrected chi connectivity index (χ1v) is 10.4. The van der Waals surface area contributed by atoms with Crippen LogP contribution in [0.4, 0.5) is 23.4 Å². The number of fused-ring (bicyclic) bond motifs is 1. The van der Waals surface area contributed by atoms with Gasteiger partial charge in [-0.1, -0.05) is 18.5 Å². The van der Waals surface area contributed by atoms with Crippen LogP contribution in [0, 0.1) is 5.82 Å². The quantitative estimate of drug-likeness (QED) is 0.475. The number of hydrogen-bond donors (Lipinski definition) is 3. The van der Waals surface area contributed by atoms with E-state index in [2.05, 4.69) is 19.9 Å². The zero-order chi connectivity index (χ0) is 24.0. The number of alkyl halides is 3. The number of anilines is 1. The van der Waals surface area contributed by atoms with Crippen molar-refractivity contribution < 1.29 is 28.9 Å². The second-order valence-corrected chi connectivity index (χ2v) is 8.31. The molecule has 13 heteroatoms. The van der Waals surface area contributed by atoms with Crippen molar-refractivity contribution in [3.05, 3.63) is 35.5 Å². The summed E-state index contributed by atoms with van der Waals surface area (Å²) >= 11 is 6.02. The van der Waals surface area contributed by atoms with Gasteiger partial charge in [0.05, 0.1) is 16.8 Å². The molecule has 0 spiro atoms. The Bertz CT molecular complexity index is 1210. The number of amides is 1. The molecule has 3 N–H and O–H groups in total. The van der Waals surface area contributed by atoms with Crippen molar-refractivity contribution in [2.24, 2.45) is 0 Å². The van der Waals surface area contributed by atoms with Gasteiger partial charge in [0.25, 0.3) is 0 Å². The minimum Gasteiger partial charge on any atom is -0.388 e. The molecule has 1 aliphatic heterocycles. The minimum atomic E-state index is -4.61. The molecular weight excluding hydrogens is 468 g/mol. The SMILES string of the molecule is CC[C@@]1(O)C[C@H](C(=O)NCC(F)(F)F)N(c2nc(-c3c[nH]c4ncc(Cl)cc34)ncc2F)C1.[HH]. The number of aromatic nitrogens is 4. The van der Waals surface area contributed by atoms with Crippen LogP contribution in [-0.2, 0) is 4.79 Å². The van der Waals surface area contributed by atoms with E-state index in [4.69, 9.17) is 11.6 Å². The number of carbonyl (C=O) groups is 1. The molecule has 0 aromatic carbocycles. The van der Waals surface area contributed by atoms with E-state index in [9.17, 15) is 27.5 Å². The predicted octanol–water partition coefficient (Wildman–Crippen LogP) is 3.46. The van der Waals surface area contributed by atoms with E-state index in [0.29, 0.717) is 21.6 Å². The molecule has 33 heavy (non-hydrogen) atoms. The molecule has 0 radical (unpaired) electrons. The van der Waals surface area contributed by atoms with Crippen molar-refractivity contribution in [2.75, 3.05) is 18.0 Å². The predicted molar refractivity (Wildman–Crippen MR) is 114 cm³/mol. The first-order chi connectivity index (χ1) is 15.5. The van der Waals surface area contributed by atoms with E-state index in [0.717, 1.165) is 6.20 Å². The van der Waals surface area contributed by atoms with Gasteiger partial charge in [-0.25, -0.2) is 19.3 Å². The molecule has 1 fully saturated rings. The number of hydrogen-bond acceptors (Lipinski definition) is 6. The summed E-state index contributed by atoms with van der Waals surface area (Å²) in [6.07, 6.45) is -0.677. The Labute approximate surface area is 191 Å². The van der Waals surface area contributed by atoms with Gasteiger partial charge in [-0.3, -0.25) is 4.79 Å². The first kappa shape index (κ1) is 23.2. The summed E-state index contributed by atoms with van der Waals surface area (Å²) in [5.74, 6) is -2.09. The number of halogens is 5. The Balaban J connectivity index is 0.00000324. The molecule has 0 aliphatic carbocycles. The fraction of sp³-hybridized carbons (Fsp3) is 0.400. The largest absolute Gasteiger partial charge is 0.405 e. The molecule has 1 amide bonds. The number of rotatable bonds is 5. The Morgan fingerprint density at radius 1 is 1.42 bits per heavy atom. The fourth-order valence-electron chi connectivity index (χ4n) is 3.83. The standard InChI is InChI=1S/C20H19ClF4N6O2.H2/c1-2-19(33)4-14(18(32)29-8-20(23,24)25)31(9-19)17-13(22)7-28-16(30-17)12-6-27-15-11(12)3-10(21)5-26-15;/h3,5-7,14,33H,2,4,8-9H2,1H3,(H,26,27)(H,29,32);1H/t14-,19-;/m1./s1. The summed E-state index contributed by atoms with van der Waals surface area (Å²) in [4.78, 5) is 29.1. The van der Waals surface area contributed by atoms with E-state index < -0.39 is 36.1 Å². The lowest BCUT2D eigenvalue weighted by atomic mass is 9.97. The van der Waals surface area contributed by atoms with Gasteiger partial charge >= 0.3 is 6.18 Å². The van der Waals surface area contributed by atoms with Gasteiger partial charge in [-0.15, -0.1) is 0 Å². The Kier molecular flexibility index (Phi) is 5.91. The van der Waals surface area contributed by atoms with Crippen LogP contribution in [0.5, 0.6) is 0 Å². The molecule has 178 valence electrons. The molecule has 0 unspecified atom stereocenters. The van der Waals surface area contributed by atoms with Crippen molar-refractivity contribution >= 4 is 34.4 Å². The second kappa shape index (κ2) is 8.41. The summed E-state index contributed by atoms with van der Waals surface area (Å²) < 4.78 is 52.6. The Morgan fingerprint density at radius 2 is 2.18 bits per heavy atom. The number of aliphatic hydroxyl groups is 1. The van der Waals surface area contributed by atoms with Crippen LogP contribution in [0.2, 0.25) is 5.02 Å². The molecule has 3 aromatic heterocycles. The average molecular weight is 489 g/mol. The number of aromatic amines is 1. The van der Waals surface area contributed by atoms with Crippen LogP contribution in [0.1, 0.15) is 21.2 Å². The Morgan fingerprint density at radius 3 is 2.88 bits per heavy atom. The number of H-pyrrole nitrogens is 1. The molecule has 2 atom stereocenters. The molecule has 8 nitrogen and oxygen atoms in total. The topological polar surface area (TPSA) is 107 Å². The lowest BCUT2D eigenvalue weighted by Gasteiger charge is -2.25. The molecule has 0 saturated carbocycles. The summed E-state index contributed by atoms with van der Waals surface area (Å²) in [6.45, 7) is -0.0673. The highest BCUT2D eigenvalue weighted by Crippen LogP contribution is 2.36. The molecule has 4 heterocycles. The van der Waals surface area contributed by atoms with E-state index in [1.54, 1.807) is 19.2 Å². The third-order valence-corrected chi connectivity index (χ3v) is 5.78. The van der Waals surface area contributed by atoms with E-state index in [-0.39, 0.29) is 32.5 Å². The zero-order valence-electron chi connectivity index (χ0n) is 17.2. The fourth-order valence-corrected chi connectivity index (χ4v) is 3.99. The van der Waals surface area contributed by atoms with Crippen LogP contribution in [0.25, 0.3) is 22.4 Å². The summed E-state index contributed by atoms with van der Waals surface area (Å²) in [5, 5.41) is 13.5. The molecule has 3 aromatic rings. The second-order valence-electron chi connectivity index (χ2n) is 7.88. The van der Waals surface area contributed by atoms with E-state index >= 15 is 0 Å². The number of carbonyl (C=O) groups excluding carboxylic acids is 1. The highest BCUT2D eigenvalue weighted by Gasteiger charge is 2.46. The van der Waals surface area contributed by atoms with Gasteiger partial charge in [0.1, 0.15) is 18.2 Å². The molecule has 1 aliphatic rings. The van der Waals surface area contributed by atoms with Crippen LogP contribution in [0.15, 0.2) is 24.7 Å². The maximum atomic E-state index is 14.8. The van der Waals surface area contributed by atoms with Crippen molar-refractivity contribution in [1.82, 2.24) is 25.3 Å². The smallest absolute Gasteiger partial charge is 0.388 e. The normalized spacial score (nSPS) is 21.1. The third-order valence-electron chi connectivity index (χ3n) is 5.57. The monoisotopic (exact) mass is 488 g/mol. The Hall–Kier alpha value is -2.99. The highest BCUT2D eigenvalue weighted by atomic mass is 35.5. The van der Waals surface area contributed by atoms with Gasteiger partial charge in [0, 0.05) is 37.7 Å². The minimum absolute atomic E-state index is 0. The van der Waals surface area contributed by atoms with Crippen LogP contribution in [0.3, 0.4) is 0 Å². The maximum Gasteiger partial charge on any atom is 0.405 e. The van der Waals surface area contributed by atoms with Crippen molar-refractivity contribution in [1.29, 1.82) is 0 Å². The van der Waals surface area contributed by atoms with Crippen molar-refractivity contribution in [2.45, 2.75) is 37.6 Å². The lowest BCUT2D eigenvalue weighted by molar-refractivity contribution is -0.139. The summed E-state index contributed by atoms with van der Waals surface area (Å²) in [6, 6.07) is 0.370. The summed E-state index contributed by atoms with van der Waals surface area (Å²) in [7, 11) is 0. The highest BCUT2D eigenvalue weighted by molar-refractivity contribution is 6.31. The number of pyridine rings is 1. The zero-order valence-corrected chi connectivity index (χ0v) is 18.0. The van der Waals surface area contributed by atoms with Gasteiger partial charge in [-0.05, 0) is 12.5 Å². The van der Waals surface area contributed by atoms with Gasteiger partial charge in [-0.2, -0.15) is 13.2 Å². The number of β-amino-alcohol motifs (C(OH)–C–C–N with tert-alkyl or cyclic N) is 1. The number of nitrogens with zero attached hydrogens (tertiary/aromatic N) is 4. The lowest BCUT2D eigenvalue weighted by Crippen LogP contribution is -2.46. The number of nitrogens with one attached hydrogen (secondary N) is 2. The van der Waals surface area contributed by atoms with Gasteiger partial charge < -0.3 is 20.3 Å². The summed E-state index contributed by atoms with van der Waals surface area (Å²) in [5.41, 5.74) is -0.449. The third kappa shape index (κ3) is 4.71.